The number of ether oxygens (including phenoxy) is 2. The van der Waals surface area contributed by atoms with Crippen LogP contribution < -0.4 is 14.8 Å². The lowest BCUT2D eigenvalue weighted by Gasteiger charge is -2.13. The normalized spacial score (nSPS) is 11.0. The van der Waals surface area contributed by atoms with Crippen molar-refractivity contribution in [2.75, 3.05) is 19.8 Å². The van der Waals surface area contributed by atoms with Crippen LogP contribution in [0.4, 0.5) is 13.2 Å². The molecule has 0 spiro atoms. The van der Waals surface area contributed by atoms with E-state index < -0.39 is 42.6 Å². The second-order valence-electron chi connectivity index (χ2n) is 5.71. The molecule has 0 atom stereocenters. The van der Waals surface area contributed by atoms with Crippen LogP contribution in [-0.4, -0.2) is 36.7 Å². The average molecular weight is 397 g/mol. The fourth-order valence-electron chi connectivity index (χ4n) is 2.26. The van der Waals surface area contributed by atoms with Gasteiger partial charge in [0.25, 0.3) is 5.91 Å². The second kappa shape index (κ2) is 9.63. The number of carbonyl (C=O) groups excluding carboxylic acids is 1. The van der Waals surface area contributed by atoms with Gasteiger partial charge >= 0.3 is 12.1 Å². The molecule has 0 fully saturated rings. The number of carboxylic acids is 1. The first kappa shape index (κ1) is 21.1. The summed E-state index contributed by atoms with van der Waals surface area (Å²) in [4.78, 5) is 22.2. The Morgan fingerprint density at radius 2 is 1.64 bits per heavy atom. The standard InChI is InChI=1S/C19H18F3NO5/c20-19(21,22)15-3-1-2-4-16(15)28-11-17(24)23-10-9-13-5-7-14(8-6-13)27-12-18(25)26/h1-8H,9-12H2,(H,23,24)(H,25,26). The third kappa shape index (κ3) is 6.82. The Labute approximate surface area is 158 Å². The monoisotopic (exact) mass is 397 g/mol. The van der Waals surface area contributed by atoms with Gasteiger partial charge in [-0.05, 0) is 36.2 Å². The van der Waals surface area contributed by atoms with Crippen molar-refractivity contribution >= 4 is 11.9 Å². The summed E-state index contributed by atoms with van der Waals surface area (Å²) in [6, 6.07) is 11.3. The fourth-order valence-corrected chi connectivity index (χ4v) is 2.26. The summed E-state index contributed by atoms with van der Waals surface area (Å²) in [5, 5.41) is 11.1. The molecule has 0 aromatic heterocycles. The number of amides is 1. The lowest BCUT2D eigenvalue weighted by Crippen LogP contribution is -2.30. The third-order valence-corrected chi connectivity index (χ3v) is 3.57. The van der Waals surface area contributed by atoms with Crippen LogP contribution in [0.5, 0.6) is 11.5 Å². The number of rotatable bonds is 9. The van der Waals surface area contributed by atoms with Crippen molar-refractivity contribution in [3.63, 3.8) is 0 Å². The maximum atomic E-state index is 12.9. The number of hydrogen-bond donors (Lipinski definition) is 2. The van der Waals surface area contributed by atoms with E-state index in [9.17, 15) is 22.8 Å². The SMILES string of the molecule is O=C(O)COc1ccc(CCNC(=O)COc2ccccc2C(F)(F)F)cc1. The molecule has 0 saturated carbocycles. The van der Waals surface area contributed by atoms with Crippen LogP contribution in [0, 0.1) is 0 Å². The van der Waals surface area contributed by atoms with Crippen LogP contribution in [0.25, 0.3) is 0 Å². The van der Waals surface area contributed by atoms with Crippen LogP contribution in [0.1, 0.15) is 11.1 Å². The van der Waals surface area contributed by atoms with Gasteiger partial charge in [-0.2, -0.15) is 13.2 Å². The van der Waals surface area contributed by atoms with Gasteiger partial charge in [-0.1, -0.05) is 24.3 Å². The summed E-state index contributed by atoms with van der Waals surface area (Å²) >= 11 is 0. The predicted octanol–water partition coefficient (Wildman–Crippen LogP) is 2.91. The Morgan fingerprint density at radius 1 is 0.964 bits per heavy atom. The third-order valence-electron chi connectivity index (χ3n) is 3.57. The van der Waals surface area contributed by atoms with Gasteiger partial charge in [0, 0.05) is 6.54 Å². The molecule has 0 aliphatic rings. The minimum Gasteiger partial charge on any atom is -0.483 e. The maximum absolute atomic E-state index is 12.9. The lowest BCUT2D eigenvalue weighted by atomic mass is 10.1. The molecule has 9 heteroatoms. The maximum Gasteiger partial charge on any atom is 0.419 e. The zero-order valence-corrected chi connectivity index (χ0v) is 14.7. The van der Waals surface area contributed by atoms with Crippen molar-refractivity contribution in [3.05, 3.63) is 59.7 Å². The minimum atomic E-state index is -4.56. The number of hydrogen-bond acceptors (Lipinski definition) is 4. The zero-order chi connectivity index (χ0) is 20.6. The van der Waals surface area contributed by atoms with Gasteiger partial charge < -0.3 is 19.9 Å². The number of carbonyl (C=O) groups is 2. The van der Waals surface area contributed by atoms with Crippen LogP contribution in [0.15, 0.2) is 48.5 Å². The molecule has 0 radical (unpaired) electrons. The van der Waals surface area contributed by atoms with Crippen molar-refractivity contribution in [1.29, 1.82) is 0 Å². The quantitative estimate of drug-likeness (QED) is 0.680. The summed E-state index contributed by atoms with van der Waals surface area (Å²) in [6.45, 7) is -0.708. The van der Waals surface area contributed by atoms with E-state index in [4.69, 9.17) is 14.6 Å². The molecule has 6 nitrogen and oxygen atoms in total. The smallest absolute Gasteiger partial charge is 0.419 e. The number of para-hydroxylation sites is 1. The second-order valence-corrected chi connectivity index (χ2v) is 5.71. The number of carboxylic acid groups (broad SMARTS) is 1. The Kier molecular flexibility index (Phi) is 7.25. The van der Waals surface area contributed by atoms with Crippen LogP contribution >= 0.6 is 0 Å². The number of aliphatic carboxylic acids is 1. The number of halogens is 3. The van der Waals surface area contributed by atoms with E-state index in [0.717, 1.165) is 17.7 Å². The molecule has 0 bridgehead atoms. The highest BCUT2D eigenvalue weighted by Gasteiger charge is 2.34. The molecular weight excluding hydrogens is 379 g/mol. The van der Waals surface area contributed by atoms with E-state index in [1.807, 2.05) is 0 Å². The predicted molar refractivity (Wildman–Crippen MR) is 93.2 cm³/mol. The Morgan fingerprint density at radius 3 is 2.29 bits per heavy atom. The first-order valence-corrected chi connectivity index (χ1v) is 8.25. The van der Waals surface area contributed by atoms with E-state index in [-0.39, 0.29) is 6.54 Å². The molecule has 0 heterocycles. The van der Waals surface area contributed by atoms with Crippen molar-refractivity contribution < 1.29 is 37.3 Å². The Balaban J connectivity index is 1.76. The molecule has 28 heavy (non-hydrogen) atoms. The number of alkyl halides is 3. The van der Waals surface area contributed by atoms with E-state index >= 15 is 0 Å². The van der Waals surface area contributed by atoms with E-state index in [1.54, 1.807) is 24.3 Å². The van der Waals surface area contributed by atoms with Gasteiger partial charge in [0.05, 0.1) is 5.56 Å². The molecule has 2 aromatic rings. The van der Waals surface area contributed by atoms with Gasteiger partial charge in [0.1, 0.15) is 11.5 Å². The summed E-state index contributed by atoms with van der Waals surface area (Å²) in [7, 11) is 0. The van der Waals surface area contributed by atoms with Crippen molar-refractivity contribution in [2.45, 2.75) is 12.6 Å². The van der Waals surface area contributed by atoms with Crippen molar-refractivity contribution in [3.8, 4) is 11.5 Å². The highest BCUT2D eigenvalue weighted by Crippen LogP contribution is 2.35. The Bertz CT molecular complexity index is 806. The first-order valence-electron chi connectivity index (χ1n) is 8.25. The molecule has 0 saturated heterocycles. The van der Waals surface area contributed by atoms with Crippen molar-refractivity contribution in [2.24, 2.45) is 0 Å². The number of benzene rings is 2. The number of nitrogens with one attached hydrogen (secondary N) is 1. The van der Waals surface area contributed by atoms with Crippen LogP contribution in [-0.2, 0) is 22.2 Å². The molecular formula is C19H18F3NO5. The summed E-state index contributed by atoms with van der Waals surface area (Å²) in [5.41, 5.74) is -0.0701. The van der Waals surface area contributed by atoms with Crippen LogP contribution in [0.3, 0.4) is 0 Å². The van der Waals surface area contributed by atoms with Gasteiger partial charge in [-0.3, -0.25) is 4.79 Å². The van der Waals surface area contributed by atoms with E-state index in [0.29, 0.717) is 12.2 Å². The molecule has 0 aliphatic heterocycles. The van der Waals surface area contributed by atoms with Gasteiger partial charge in [0.2, 0.25) is 0 Å². The van der Waals surface area contributed by atoms with E-state index in [1.165, 1.54) is 12.1 Å². The summed E-state index contributed by atoms with van der Waals surface area (Å²) in [5.74, 6) is -1.61. The van der Waals surface area contributed by atoms with Gasteiger partial charge in [-0.15, -0.1) is 0 Å². The van der Waals surface area contributed by atoms with Crippen molar-refractivity contribution in [1.82, 2.24) is 5.32 Å². The zero-order valence-electron chi connectivity index (χ0n) is 14.7. The van der Waals surface area contributed by atoms with E-state index in [2.05, 4.69) is 5.32 Å². The molecule has 1 amide bonds. The fraction of sp³-hybridized carbons (Fsp3) is 0.263. The molecule has 0 aliphatic carbocycles. The minimum absolute atomic E-state index is 0.262. The van der Waals surface area contributed by atoms with Gasteiger partial charge in [0.15, 0.2) is 13.2 Å². The highest BCUT2D eigenvalue weighted by molar-refractivity contribution is 5.77. The summed E-state index contributed by atoms with van der Waals surface area (Å²) < 4.78 is 48.6. The average Bonchev–Trinajstić information content (AvgIpc) is 2.65. The molecule has 2 N–H and O–H groups in total. The molecule has 0 unspecified atom stereocenters. The van der Waals surface area contributed by atoms with Gasteiger partial charge in [-0.25, -0.2) is 4.79 Å². The molecule has 2 rings (SSSR count). The first-order chi connectivity index (χ1) is 13.3. The molecule has 2 aromatic carbocycles. The topological polar surface area (TPSA) is 84.9 Å². The lowest BCUT2D eigenvalue weighted by molar-refractivity contribution is -0.140. The molecule has 150 valence electrons. The summed E-state index contributed by atoms with van der Waals surface area (Å²) in [6.07, 6.45) is -4.09. The Hall–Kier alpha value is -3.23. The van der Waals surface area contributed by atoms with Crippen LogP contribution in [0.2, 0.25) is 0 Å². The highest BCUT2D eigenvalue weighted by atomic mass is 19.4. The largest absolute Gasteiger partial charge is 0.483 e.